The molecule has 19 heavy (non-hydrogen) atoms. The fraction of sp³-hybridized carbons (Fsp3) is 0.0714. The van der Waals surface area contributed by atoms with Crippen LogP contribution in [0.25, 0.3) is 22.2 Å². The quantitative estimate of drug-likeness (QED) is 0.740. The summed E-state index contributed by atoms with van der Waals surface area (Å²) in [6.45, 7) is 1.72. The number of halogens is 1. The molecular formula is C14H10ClN3O. The molecule has 0 spiro atoms. The number of hydrogen-bond acceptors (Lipinski definition) is 3. The van der Waals surface area contributed by atoms with Crippen molar-refractivity contribution in [1.82, 2.24) is 15.0 Å². The fourth-order valence-corrected chi connectivity index (χ4v) is 2.24. The Balaban J connectivity index is 2.40. The molecule has 0 bridgehead atoms. The average molecular weight is 272 g/mol. The molecule has 1 aromatic carbocycles. The number of para-hydroxylation sites is 1. The normalized spacial score (nSPS) is 10.8. The summed E-state index contributed by atoms with van der Waals surface area (Å²) in [6, 6.07) is 9.54. The van der Waals surface area contributed by atoms with Gasteiger partial charge in [-0.3, -0.25) is 9.78 Å². The molecule has 4 nitrogen and oxygen atoms in total. The highest BCUT2D eigenvalue weighted by atomic mass is 35.5. The summed E-state index contributed by atoms with van der Waals surface area (Å²) in [6.07, 6.45) is 1.71. The third-order valence-corrected chi connectivity index (χ3v) is 3.22. The fourth-order valence-electron chi connectivity index (χ4n) is 2.05. The lowest BCUT2D eigenvalue weighted by atomic mass is 10.1. The second kappa shape index (κ2) is 4.48. The van der Waals surface area contributed by atoms with Crippen molar-refractivity contribution in [3.63, 3.8) is 0 Å². The summed E-state index contributed by atoms with van der Waals surface area (Å²) in [7, 11) is 0. The number of fused-ring (bicyclic) bond motifs is 1. The summed E-state index contributed by atoms with van der Waals surface area (Å²) in [5.41, 5.74) is 1.67. The van der Waals surface area contributed by atoms with E-state index in [-0.39, 0.29) is 10.6 Å². The molecule has 0 amide bonds. The van der Waals surface area contributed by atoms with Gasteiger partial charge in [0.2, 0.25) is 0 Å². The molecule has 3 rings (SSSR count). The molecule has 94 valence electrons. The van der Waals surface area contributed by atoms with E-state index in [0.717, 1.165) is 16.5 Å². The molecule has 0 atom stereocenters. The van der Waals surface area contributed by atoms with Crippen molar-refractivity contribution >= 4 is 22.5 Å². The van der Waals surface area contributed by atoms with Crippen molar-refractivity contribution in [3.8, 4) is 11.3 Å². The van der Waals surface area contributed by atoms with Crippen LogP contribution in [0.2, 0.25) is 5.02 Å². The molecule has 2 heterocycles. The minimum absolute atomic E-state index is 0.0868. The Morgan fingerprint density at radius 3 is 2.84 bits per heavy atom. The maximum Gasteiger partial charge on any atom is 0.270 e. The van der Waals surface area contributed by atoms with Crippen molar-refractivity contribution < 1.29 is 0 Å². The maximum atomic E-state index is 11.7. The molecule has 0 saturated carbocycles. The van der Waals surface area contributed by atoms with Crippen molar-refractivity contribution in [3.05, 3.63) is 57.7 Å². The van der Waals surface area contributed by atoms with Gasteiger partial charge in [0, 0.05) is 17.1 Å². The number of aromatic amines is 1. The lowest BCUT2D eigenvalue weighted by molar-refractivity contribution is 1.02. The molecule has 3 aromatic rings. The largest absolute Gasteiger partial charge is 0.309 e. The third kappa shape index (κ3) is 2.00. The van der Waals surface area contributed by atoms with E-state index in [1.807, 2.05) is 30.3 Å². The van der Waals surface area contributed by atoms with E-state index in [1.165, 1.54) is 0 Å². The van der Waals surface area contributed by atoms with E-state index in [2.05, 4.69) is 15.0 Å². The minimum atomic E-state index is -0.336. The van der Waals surface area contributed by atoms with Crippen LogP contribution in [-0.4, -0.2) is 15.0 Å². The monoisotopic (exact) mass is 271 g/mol. The standard InChI is InChI=1S/C14H10ClN3O/c1-8-17-13(11(15)14(19)18-8)10-6-2-4-9-5-3-7-16-12(9)10/h2-7H,1H3,(H,17,18,19). The van der Waals surface area contributed by atoms with Crippen LogP contribution in [-0.2, 0) is 0 Å². The number of rotatable bonds is 1. The Morgan fingerprint density at radius 1 is 1.21 bits per heavy atom. The van der Waals surface area contributed by atoms with Crippen molar-refractivity contribution in [2.24, 2.45) is 0 Å². The number of nitrogens with zero attached hydrogens (tertiary/aromatic N) is 2. The van der Waals surface area contributed by atoms with Crippen molar-refractivity contribution in [1.29, 1.82) is 0 Å². The van der Waals surface area contributed by atoms with Gasteiger partial charge in [0.1, 0.15) is 10.8 Å². The number of aryl methyl sites for hydroxylation is 1. The Morgan fingerprint density at radius 2 is 2.00 bits per heavy atom. The number of pyridine rings is 1. The van der Waals surface area contributed by atoms with Gasteiger partial charge in [-0.25, -0.2) is 4.98 Å². The van der Waals surface area contributed by atoms with Gasteiger partial charge in [0.05, 0.1) is 11.2 Å². The summed E-state index contributed by atoms with van der Waals surface area (Å²) >= 11 is 6.07. The zero-order valence-corrected chi connectivity index (χ0v) is 10.9. The second-order valence-corrected chi connectivity index (χ2v) is 4.57. The maximum absolute atomic E-state index is 11.7. The SMILES string of the molecule is Cc1nc(-c2cccc3cccnc23)c(Cl)c(=O)[nH]1. The first-order chi connectivity index (χ1) is 9.16. The predicted octanol–water partition coefficient (Wildman–Crippen LogP) is 2.95. The Kier molecular flexibility index (Phi) is 2.80. The van der Waals surface area contributed by atoms with Gasteiger partial charge >= 0.3 is 0 Å². The van der Waals surface area contributed by atoms with Gasteiger partial charge in [0.25, 0.3) is 5.56 Å². The van der Waals surface area contributed by atoms with Crippen LogP contribution in [0.1, 0.15) is 5.82 Å². The van der Waals surface area contributed by atoms with E-state index in [9.17, 15) is 4.79 Å². The summed E-state index contributed by atoms with van der Waals surface area (Å²) in [5, 5.41) is 1.07. The Bertz CT molecular complexity index is 821. The smallest absolute Gasteiger partial charge is 0.270 e. The van der Waals surface area contributed by atoms with Gasteiger partial charge in [-0.05, 0) is 13.0 Å². The summed E-state index contributed by atoms with van der Waals surface area (Å²) < 4.78 is 0. The van der Waals surface area contributed by atoms with Gasteiger partial charge < -0.3 is 4.98 Å². The first kappa shape index (κ1) is 11.9. The average Bonchev–Trinajstić information content (AvgIpc) is 2.42. The molecular weight excluding hydrogens is 262 g/mol. The third-order valence-electron chi connectivity index (χ3n) is 2.87. The highest BCUT2D eigenvalue weighted by Gasteiger charge is 2.13. The Labute approximate surface area is 114 Å². The highest BCUT2D eigenvalue weighted by molar-refractivity contribution is 6.33. The van der Waals surface area contributed by atoms with Crippen LogP contribution in [0.5, 0.6) is 0 Å². The van der Waals surface area contributed by atoms with Crippen LogP contribution in [0.15, 0.2) is 41.3 Å². The van der Waals surface area contributed by atoms with Crippen LogP contribution in [0.3, 0.4) is 0 Å². The molecule has 0 aliphatic heterocycles. The molecule has 0 aliphatic rings. The first-order valence-corrected chi connectivity index (χ1v) is 6.15. The highest BCUT2D eigenvalue weighted by Crippen LogP contribution is 2.28. The molecule has 0 aliphatic carbocycles. The van der Waals surface area contributed by atoms with Crippen molar-refractivity contribution in [2.75, 3.05) is 0 Å². The van der Waals surface area contributed by atoms with E-state index >= 15 is 0 Å². The van der Waals surface area contributed by atoms with Crippen LogP contribution >= 0.6 is 11.6 Å². The van der Waals surface area contributed by atoms with Gasteiger partial charge in [0.15, 0.2) is 0 Å². The van der Waals surface area contributed by atoms with E-state index in [0.29, 0.717) is 11.5 Å². The number of H-pyrrole nitrogens is 1. The number of nitrogens with one attached hydrogen (secondary N) is 1. The van der Waals surface area contributed by atoms with E-state index in [4.69, 9.17) is 11.6 Å². The van der Waals surface area contributed by atoms with E-state index < -0.39 is 0 Å². The molecule has 2 aromatic heterocycles. The molecule has 0 saturated heterocycles. The molecule has 0 radical (unpaired) electrons. The molecule has 5 heteroatoms. The number of aromatic nitrogens is 3. The first-order valence-electron chi connectivity index (χ1n) is 5.77. The number of benzene rings is 1. The number of hydrogen-bond donors (Lipinski definition) is 1. The van der Waals surface area contributed by atoms with Crippen LogP contribution in [0, 0.1) is 6.92 Å². The van der Waals surface area contributed by atoms with Gasteiger partial charge in [-0.15, -0.1) is 0 Å². The molecule has 0 unspecified atom stereocenters. The summed E-state index contributed by atoms with van der Waals surface area (Å²) in [4.78, 5) is 23.0. The topological polar surface area (TPSA) is 58.6 Å². The van der Waals surface area contributed by atoms with Crippen LogP contribution in [0.4, 0.5) is 0 Å². The lowest BCUT2D eigenvalue weighted by Gasteiger charge is -2.07. The zero-order valence-electron chi connectivity index (χ0n) is 10.1. The second-order valence-electron chi connectivity index (χ2n) is 4.19. The minimum Gasteiger partial charge on any atom is -0.309 e. The zero-order chi connectivity index (χ0) is 13.4. The Hall–Kier alpha value is -2.20. The van der Waals surface area contributed by atoms with Gasteiger partial charge in [-0.1, -0.05) is 35.9 Å². The van der Waals surface area contributed by atoms with Crippen LogP contribution < -0.4 is 5.56 Å². The molecule has 0 fully saturated rings. The molecule has 1 N–H and O–H groups in total. The predicted molar refractivity (Wildman–Crippen MR) is 75.3 cm³/mol. The lowest BCUT2D eigenvalue weighted by Crippen LogP contribution is -2.11. The summed E-state index contributed by atoms with van der Waals surface area (Å²) in [5.74, 6) is 0.525. The van der Waals surface area contributed by atoms with Crippen molar-refractivity contribution in [2.45, 2.75) is 6.92 Å². The van der Waals surface area contributed by atoms with Gasteiger partial charge in [-0.2, -0.15) is 0 Å². The van der Waals surface area contributed by atoms with E-state index in [1.54, 1.807) is 13.1 Å².